The van der Waals surface area contributed by atoms with Gasteiger partial charge in [-0.2, -0.15) is 4.98 Å². The summed E-state index contributed by atoms with van der Waals surface area (Å²) in [5.41, 5.74) is -1.12. The van der Waals surface area contributed by atoms with Crippen LogP contribution in [-0.2, 0) is 24.5 Å². The zero-order valence-electron chi connectivity index (χ0n) is 20.6. The number of methoxy groups -OCH3 is 1. The number of aromatic nitrogens is 2. The summed E-state index contributed by atoms with van der Waals surface area (Å²) in [7, 11) is 2.86. The summed E-state index contributed by atoms with van der Waals surface area (Å²) in [5, 5.41) is 14.5. The summed E-state index contributed by atoms with van der Waals surface area (Å²) < 4.78 is 15.8. The molecule has 2 fully saturated rings. The Kier molecular flexibility index (Phi) is 8.16. The van der Waals surface area contributed by atoms with Crippen LogP contribution in [0.25, 0.3) is 0 Å². The summed E-state index contributed by atoms with van der Waals surface area (Å²) in [6, 6.07) is 0. The van der Waals surface area contributed by atoms with Crippen molar-refractivity contribution in [1.29, 1.82) is 0 Å². The maximum atomic E-state index is 12.7. The molecule has 9 nitrogen and oxygen atoms in total. The first-order valence-electron chi connectivity index (χ1n) is 12.0. The van der Waals surface area contributed by atoms with E-state index < -0.39 is 23.2 Å². The number of ether oxygens (including phenoxy) is 2. The first-order valence-corrected chi connectivity index (χ1v) is 12.0. The number of carbonyl (C=O) groups is 2. The SMILES string of the molecule is COC(=O)CN(C)C(O)c1noc(C2(CC(=O)OC(C)(C)C)CC2CCC2CCCCC2)n1. The molecule has 2 saturated carbocycles. The quantitative estimate of drug-likeness (QED) is 0.409. The molecule has 1 aromatic rings. The van der Waals surface area contributed by atoms with E-state index in [2.05, 4.69) is 14.9 Å². The molecule has 3 atom stereocenters. The molecule has 1 heterocycles. The zero-order chi connectivity index (χ0) is 24.2. The molecule has 1 aromatic heterocycles. The number of likely N-dealkylation sites (N-methyl/N-ethyl adjacent to an activating group) is 1. The molecule has 3 unspecified atom stereocenters. The number of hydrogen-bond acceptors (Lipinski definition) is 9. The van der Waals surface area contributed by atoms with Crippen molar-refractivity contribution < 1.29 is 28.7 Å². The van der Waals surface area contributed by atoms with E-state index in [1.807, 2.05) is 20.8 Å². The molecule has 0 radical (unpaired) electrons. The summed E-state index contributed by atoms with van der Waals surface area (Å²) in [6.07, 6.45) is 8.42. The number of hydrogen-bond donors (Lipinski definition) is 1. The molecule has 0 aliphatic heterocycles. The van der Waals surface area contributed by atoms with Crippen LogP contribution in [0, 0.1) is 11.8 Å². The normalized spacial score (nSPS) is 24.5. The average molecular weight is 466 g/mol. The highest BCUT2D eigenvalue weighted by Crippen LogP contribution is 2.59. The van der Waals surface area contributed by atoms with E-state index in [-0.39, 0.29) is 30.7 Å². The van der Waals surface area contributed by atoms with Gasteiger partial charge < -0.3 is 19.1 Å². The lowest BCUT2D eigenvalue weighted by Crippen LogP contribution is -2.31. The van der Waals surface area contributed by atoms with Crippen molar-refractivity contribution in [3.05, 3.63) is 11.7 Å². The highest BCUT2D eigenvalue weighted by Gasteiger charge is 2.60. The minimum atomic E-state index is -1.22. The van der Waals surface area contributed by atoms with Gasteiger partial charge in [-0.05, 0) is 52.5 Å². The maximum absolute atomic E-state index is 12.7. The fraction of sp³-hybridized carbons (Fsp3) is 0.833. The predicted octanol–water partition coefficient (Wildman–Crippen LogP) is 3.52. The molecular weight excluding hydrogens is 426 g/mol. The van der Waals surface area contributed by atoms with E-state index in [9.17, 15) is 14.7 Å². The molecule has 0 spiro atoms. The van der Waals surface area contributed by atoms with Gasteiger partial charge in [-0.1, -0.05) is 43.7 Å². The number of rotatable bonds is 10. The van der Waals surface area contributed by atoms with Crippen LogP contribution < -0.4 is 0 Å². The Morgan fingerprint density at radius 3 is 2.55 bits per heavy atom. The largest absolute Gasteiger partial charge is 0.468 e. The number of esters is 2. The number of nitrogens with zero attached hydrogens (tertiary/aromatic N) is 3. The number of aliphatic hydroxyl groups excluding tert-OH is 1. The minimum Gasteiger partial charge on any atom is -0.468 e. The predicted molar refractivity (Wildman–Crippen MR) is 120 cm³/mol. The van der Waals surface area contributed by atoms with Gasteiger partial charge in [0.1, 0.15) is 5.60 Å². The second-order valence-corrected chi connectivity index (χ2v) is 10.7. The average Bonchev–Trinajstić information content (AvgIpc) is 3.20. The van der Waals surface area contributed by atoms with Crippen LogP contribution in [0.3, 0.4) is 0 Å². The van der Waals surface area contributed by atoms with Crippen LogP contribution in [0.15, 0.2) is 4.52 Å². The molecule has 0 aromatic carbocycles. The minimum absolute atomic E-state index is 0.0675. The number of aliphatic hydroxyl groups is 1. The van der Waals surface area contributed by atoms with E-state index in [4.69, 9.17) is 9.26 Å². The smallest absolute Gasteiger partial charge is 0.319 e. The van der Waals surface area contributed by atoms with Gasteiger partial charge in [-0.15, -0.1) is 0 Å². The van der Waals surface area contributed by atoms with Crippen molar-refractivity contribution >= 4 is 11.9 Å². The fourth-order valence-electron chi connectivity index (χ4n) is 4.95. The Morgan fingerprint density at radius 2 is 1.91 bits per heavy atom. The van der Waals surface area contributed by atoms with Gasteiger partial charge in [-0.25, -0.2) is 0 Å². The topological polar surface area (TPSA) is 115 Å². The fourth-order valence-corrected chi connectivity index (χ4v) is 4.95. The Balaban J connectivity index is 1.71. The highest BCUT2D eigenvalue weighted by atomic mass is 16.6. The molecule has 9 heteroatoms. The number of carbonyl (C=O) groups excluding carboxylic acids is 2. The summed E-state index contributed by atoms with van der Waals surface area (Å²) in [5.74, 6) is 0.689. The van der Waals surface area contributed by atoms with Gasteiger partial charge in [0, 0.05) is 0 Å². The molecule has 2 aliphatic rings. The van der Waals surface area contributed by atoms with Crippen molar-refractivity contribution in [2.75, 3.05) is 20.7 Å². The lowest BCUT2D eigenvalue weighted by atomic mass is 9.84. The molecule has 33 heavy (non-hydrogen) atoms. The van der Waals surface area contributed by atoms with Crippen LogP contribution >= 0.6 is 0 Å². The highest BCUT2D eigenvalue weighted by molar-refractivity contribution is 5.72. The third-order valence-electron chi connectivity index (χ3n) is 6.88. The van der Waals surface area contributed by atoms with Gasteiger partial charge in [-0.3, -0.25) is 14.5 Å². The molecule has 0 bridgehead atoms. The lowest BCUT2D eigenvalue weighted by molar-refractivity contribution is -0.156. The van der Waals surface area contributed by atoms with E-state index in [0.29, 0.717) is 5.89 Å². The Morgan fingerprint density at radius 1 is 1.21 bits per heavy atom. The van der Waals surface area contributed by atoms with Crippen LogP contribution in [0.5, 0.6) is 0 Å². The first kappa shape index (κ1) is 25.6. The standard InChI is InChI=1S/C24H39N3O6/c1-23(2,3)32-18(28)14-24(13-17(24)12-11-16-9-7-6-8-10-16)22-25-20(26-33-22)21(30)27(4)15-19(29)31-5/h16-17,21,30H,6-15H2,1-5H3. The molecule has 186 valence electrons. The van der Waals surface area contributed by atoms with Gasteiger partial charge >= 0.3 is 11.9 Å². The summed E-state index contributed by atoms with van der Waals surface area (Å²) >= 11 is 0. The van der Waals surface area contributed by atoms with Gasteiger partial charge in [0.2, 0.25) is 11.7 Å². The van der Waals surface area contributed by atoms with E-state index in [1.54, 1.807) is 7.05 Å². The lowest BCUT2D eigenvalue weighted by Gasteiger charge is -2.23. The van der Waals surface area contributed by atoms with Crippen LogP contribution in [0.4, 0.5) is 0 Å². The first-order chi connectivity index (χ1) is 15.5. The van der Waals surface area contributed by atoms with E-state index in [0.717, 1.165) is 25.2 Å². The third kappa shape index (κ3) is 6.76. The Labute approximate surface area is 196 Å². The second kappa shape index (κ2) is 10.5. The van der Waals surface area contributed by atoms with Gasteiger partial charge in [0.25, 0.3) is 0 Å². The van der Waals surface area contributed by atoms with Gasteiger partial charge in [0.15, 0.2) is 6.23 Å². The summed E-state index contributed by atoms with van der Waals surface area (Å²) in [6.45, 7) is 5.44. The van der Waals surface area contributed by atoms with Gasteiger partial charge in [0.05, 0.1) is 25.5 Å². The zero-order valence-corrected chi connectivity index (χ0v) is 20.6. The second-order valence-electron chi connectivity index (χ2n) is 10.7. The van der Waals surface area contributed by atoms with E-state index in [1.165, 1.54) is 44.1 Å². The van der Waals surface area contributed by atoms with Crippen LogP contribution in [0.2, 0.25) is 0 Å². The molecule has 0 saturated heterocycles. The van der Waals surface area contributed by atoms with Crippen molar-refractivity contribution in [2.24, 2.45) is 11.8 Å². The van der Waals surface area contributed by atoms with Crippen molar-refractivity contribution in [1.82, 2.24) is 15.0 Å². The maximum Gasteiger partial charge on any atom is 0.319 e. The Hall–Kier alpha value is -2.00. The monoisotopic (exact) mass is 465 g/mol. The van der Waals surface area contributed by atoms with Crippen LogP contribution in [0.1, 0.15) is 96.5 Å². The molecule has 3 rings (SSSR count). The Bertz CT molecular complexity index is 813. The van der Waals surface area contributed by atoms with E-state index >= 15 is 0 Å². The van der Waals surface area contributed by atoms with Crippen molar-refractivity contribution in [3.8, 4) is 0 Å². The molecular formula is C24H39N3O6. The molecule has 2 aliphatic carbocycles. The molecule has 1 N–H and O–H groups in total. The molecule has 0 amide bonds. The summed E-state index contributed by atoms with van der Waals surface area (Å²) in [4.78, 5) is 30.1. The van der Waals surface area contributed by atoms with Crippen LogP contribution in [-0.4, -0.2) is 58.4 Å². The van der Waals surface area contributed by atoms with Crippen molar-refractivity contribution in [2.45, 2.75) is 95.8 Å². The third-order valence-corrected chi connectivity index (χ3v) is 6.88. The van der Waals surface area contributed by atoms with Crippen molar-refractivity contribution in [3.63, 3.8) is 0 Å².